The van der Waals surface area contributed by atoms with Crippen molar-refractivity contribution < 1.29 is 9.59 Å². The highest BCUT2D eigenvalue weighted by Crippen LogP contribution is 2.45. The van der Waals surface area contributed by atoms with Gasteiger partial charge in [0.2, 0.25) is 5.91 Å². The molecule has 2 aromatic rings. The molecule has 4 nitrogen and oxygen atoms in total. The molecule has 1 heterocycles. The van der Waals surface area contributed by atoms with Crippen LogP contribution in [-0.2, 0) is 4.79 Å². The third-order valence-corrected chi connectivity index (χ3v) is 6.93. The molecule has 1 aliphatic rings. The van der Waals surface area contributed by atoms with Crippen molar-refractivity contribution >= 4 is 41.0 Å². The molecule has 2 N–H and O–H groups in total. The summed E-state index contributed by atoms with van der Waals surface area (Å²) in [6.45, 7) is 1.68. The third-order valence-electron chi connectivity index (χ3n) is 3.82. The van der Waals surface area contributed by atoms with Gasteiger partial charge in [0.25, 0.3) is 5.91 Å². The highest BCUT2D eigenvalue weighted by molar-refractivity contribution is 8.19. The normalized spacial score (nSPS) is 15.6. The minimum Gasteiger partial charge on any atom is -0.341 e. The van der Waals surface area contributed by atoms with Crippen LogP contribution in [0.15, 0.2) is 54.6 Å². The van der Waals surface area contributed by atoms with Crippen molar-refractivity contribution in [3.05, 3.63) is 65.7 Å². The number of hydrogen-bond acceptors (Lipinski definition) is 4. The summed E-state index contributed by atoms with van der Waals surface area (Å²) < 4.78 is 0.437. The quantitative estimate of drug-likeness (QED) is 0.835. The monoisotopic (exact) mass is 372 g/mol. The molecule has 1 aliphatic heterocycles. The Morgan fingerprint density at radius 2 is 1.76 bits per heavy atom. The van der Waals surface area contributed by atoms with Crippen LogP contribution in [0.5, 0.6) is 0 Å². The molecule has 0 spiro atoms. The zero-order chi connectivity index (χ0) is 17.6. The molecule has 1 atom stereocenters. The first-order valence-electron chi connectivity index (χ1n) is 8.13. The summed E-state index contributed by atoms with van der Waals surface area (Å²) in [5, 5.41) is 5.62. The molecule has 1 fully saturated rings. The van der Waals surface area contributed by atoms with E-state index in [1.54, 1.807) is 31.2 Å². The molecule has 2 aromatic carbocycles. The number of amides is 2. The molecule has 130 valence electrons. The molecule has 25 heavy (non-hydrogen) atoms. The van der Waals surface area contributed by atoms with Gasteiger partial charge in [0.1, 0.15) is 6.04 Å². The average molecular weight is 373 g/mol. The molecule has 0 aliphatic carbocycles. The largest absolute Gasteiger partial charge is 0.341 e. The molecule has 0 bridgehead atoms. The van der Waals surface area contributed by atoms with E-state index in [2.05, 4.69) is 16.7 Å². The Kier molecular flexibility index (Phi) is 6.04. The second-order valence-electron chi connectivity index (χ2n) is 5.75. The molecule has 2 amide bonds. The number of rotatable bonds is 5. The molecule has 0 aromatic heterocycles. The van der Waals surface area contributed by atoms with Gasteiger partial charge in [-0.25, -0.2) is 0 Å². The standard InChI is InChI=1S/C19H20N2O2S2/c1-13(20-18(23)14-6-3-2-4-7-14)17(22)21-16-9-5-8-15(12-16)19-24-10-11-25-19/h2-9,12-13,19H,10-11H2,1H3,(H,20,23)(H,21,22)/t13-/m0/s1. The highest BCUT2D eigenvalue weighted by atomic mass is 32.2. The van der Waals surface area contributed by atoms with E-state index in [-0.39, 0.29) is 11.8 Å². The van der Waals surface area contributed by atoms with Crippen molar-refractivity contribution in [2.75, 3.05) is 16.8 Å². The number of carbonyl (C=O) groups is 2. The van der Waals surface area contributed by atoms with Gasteiger partial charge in [-0.3, -0.25) is 9.59 Å². The molecular weight excluding hydrogens is 352 g/mol. The zero-order valence-corrected chi connectivity index (χ0v) is 15.5. The number of nitrogens with one attached hydrogen (secondary N) is 2. The van der Waals surface area contributed by atoms with Crippen molar-refractivity contribution in [1.82, 2.24) is 5.32 Å². The van der Waals surface area contributed by atoms with Gasteiger partial charge in [-0.15, -0.1) is 23.5 Å². The number of thioether (sulfide) groups is 2. The Morgan fingerprint density at radius 1 is 1.04 bits per heavy atom. The van der Waals surface area contributed by atoms with E-state index in [0.29, 0.717) is 10.1 Å². The second kappa shape index (κ2) is 8.45. The van der Waals surface area contributed by atoms with Crippen molar-refractivity contribution in [2.24, 2.45) is 0 Å². The summed E-state index contributed by atoms with van der Waals surface area (Å²) in [6.07, 6.45) is 0. The van der Waals surface area contributed by atoms with E-state index < -0.39 is 6.04 Å². The molecule has 0 unspecified atom stereocenters. The number of hydrogen-bond donors (Lipinski definition) is 2. The summed E-state index contributed by atoms with van der Waals surface area (Å²) in [6, 6.07) is 16.2. The van der Waals surface area contributed by atoms with Crippen LogP contribution in [0.4, 0.5) is 5.69 Å². The van der Waals surface area contributed by atoms with E-state index in [1.807, 2.05) is 47.8 Å². The minimum absolute atomic E-state index is 0.229. The maximum absolute atomic E-state index is 12.4. The van der Waals surface area contributed by atoms with Crippen LogP contribution in [0.3, 0.4) is 0 Å². The Bertz CT molecular complexity index is 746. The van der Waals surface area contributed by atoms with Crippen LogP contribution >= 0.6 is 23.5 Å². The van der Waals surface area contributed by atoms with E-state index in [1.165, 1.54) is 5.56 Å². The minimum atomic E-state index is -0.619. The fourth-order valence-corrected chi connectivity index (χ4v) is 5.34. The van der Waals surface area contributed by atoms with E-state index >= 15 is 0 Å². The van der Waals surface area contributed by atoms with E-state index in [0.717, 1.165) is 17.2 Å². The summed E-state index contributed by atoms with van der Waals surface area (Å²) in [5.74, 6) is 1.84. The van der Waals surface area contributed by atoms with Crippen molar-refractivity contribution in [3.8, 4) is 0 Å². The third kappa shape index (κ3) is 4.80. The average Bonchev–Trinajstić information content (AvgIpc) is 3.17. The Balaban J connectivity index is 1.59. The SMILES string of the molecule is C[C@H](NC(=O)c1ccccc1)C(=O)Nc1cccc(C2SCCS2)c1. The first kappa shape index (κ1) is 17.9. The van der Waals surface area contributed by atoms with Crippen LogP contribution in [0.1, 0.15) is 27.4 Å². The topological polar surface area (TPSA) is 58.2 Å². The van der Waals surface area contributed by atoms with Crippen LogP contribution in [-0.4, -0.2) is 29.4 Å². The molecular formula is C19H20N2O2S2. The van der Waals surface area contributed by atoms with Crippen LogP contribution in [0.25, 0.3) is 0 Å². The van der Waals surface area contributed by atoms with Gasteiger partial charge in [0.05, 0.1) is 4.58 Å². The van der Waals surface area contributed by atoms with Gasteiger partial charge in [-0.1, -0.05) is 30.3 Å². The van der Waals surface area contributed by atoms with Gasteiger partial charge in [0, 0.05) is 22.8 Å². The van der Waals surface area contributed by atoms with Gasteiger partial charge in [0.15, 0.2) is 0 Å². The fourth-order valence-electron chi connectivity index (χ4n) is 2.50. The predicted octanol–water partition coefficient (Wildman–Crippen LogP) is 3.92. The lowest BCUT2D eigenvalue weighted by Gasteiger charge is -2.15. The first-order chi connectivity index (χ1) is 12.1. The molecule has 6 heteroatoms. The lowest BCUT2D eigenvalue weighted by atomic mass is 10.2. The number of carbonyl (C=O) groups excluding carboxylic acids is 2. The maximum atomic E-state index is 12.4. The fraction of sp³-hybridized carbons (Fsp3) is 0.263. The lowest BCUT2D eigenvalue weighted by Crippen LogP contribution is -2.41. The van der Waals surface area contributed by atoms with E-state index in [4.69, 9.17) is 0 Å². The van der Waals surface area contributed by atoms with Crippen LogP contribution < -0.4 is 10.6 Å². The summed E-state index contributed by atoms with van der Waals surface area (Å²) in [5.41, 5.74) is 2.52. The van der Waals surface area contributed by atoms with Gasteiger partial charge in [-0.2, -0.15) is 0 Å². The van der Waals surface area contributed by atoms with Crippen molar-refractivity contribution in [1.29, 1.82) is 0 Å². The van der Waals surface area contributed by atoms with Gasteiger partial charge >= 0.3 is 0 Å². The molecule has 1 saturated heterocycles. The van der Waals surface area contributed by atoms with Gasteiger partial charge < -0.3 is 10.6 Å². The molecule has 0 saturated carbocycles. The Labute approximate surface area is 156 Å². The molecule has 3 rings (SSSR count). The molecule has 0 radical (unpaired) electrons. The highest BCUT2D eigenvalue weighted by Gasteiger charge is 2.20. The Hall–Kier alpha value is -1.92. The summed E-state index contributed by atoms with van der Waals surface area (Å²) >= 11 is 3.86. The first-order valence-corrected chi connectivity index (χ1v) is 10.2. The maximum Gasteiger partial charge on any atom is 0.251 e. The van der Waals surface area contributed by atoms with Crippen molar-refractivity contribution in [2.45, 2.75) is 17.5 Å². The van der Waals surface area contributed by atoms with Crippen LogP contribution in [0, 0.1) is 0 Å². The summed E-state index contributed by atoms with van der Waals surface area (Å²) in [4.78, 5) is 24.5. The van der Waals surface area contributed by atoms with Crippen LogP contribution in [0.2, 0.25) is 0 Å². The van der Waals surface area contributed by atoms with Gasteiger partial charge in [-0.05, 0) is 36.8 Å². The Morgan fingerprint density at radius 3 is 2.48 bits per heavy atom. The zero-order valence-electron chi connectivity index (χ0n) is 13.9. The number of anilines is 1. The smallest absolute Gasteiger partial charge is 0.251 e. The second-order valence-corrected chi connectivity index (χ2v) is 8.47. The predicted molar refractivity (Wildman–Crippen MR) is 106 cm³/mol. The number of benzene rings is 2. The van der Waals surface area contributed by atoms with Crippen molar-refractivity contribution in [3.63, 3.8) is 0 Å². The summed E-state index contributed by atoms with van der Waals surface area (Å²) in [7, 11) is 0. The van der Waals surface area contributed by atoms with E-state index in [9.17, 15) is 9.59 Å². The lowest BCUT2D eigenvalue weighted by molar-refractivity contribution is -0.117.